The number of anilines is 1. The minimum Gasteiger partial charge on any atom is -0.481 e. The normalized spacial score (nSPS) is 11.9. The second-order valence-electron chi connectivity index (χ2n) is 3.38. The number of carbonyl (C=O) groups excluding carboxylic acids is 1. The lowest BCUT2D eigenvalue weighted by molar-refractivity contribution is -0.139. The van der Waals surface area contributed by atoms with Gasteiger partial charge < -0.3 is 15.5 Å². The van der Waals surface area contributed by atoms with E-state index in [0.717, 1.165) is 0 Å². The van der Waals surface area contributed by atoms with Crippen molar-refractivity contribution in [2.45, 2.75) is 19.4 Å². The zero-order valence-corrected chi connectivity index (χ0v) is 8.80. The molecule has 0 radical (unpaired) electrons. The van der Waals surface area contributed by atoms with Crippen LogP contribution in [0.3, 0.4) is 0 Å². The number of para-hydroxylation sites is 1. The van der Waals surface area contributed by atoms with Crippen molar-refractivity contribution < 1.29 is 19.8 Å². The van der Waals surface area contributed by atoms with Crippen molar-refractivity contribution >= 4 is 17.6 Å². The predicted octanol–water partition coefficient (Wildman–Crippen LogP) is 1.15. The lowest BCUT2D eigenvalue weighted by atomic mass is 10.0. The Hall–Kier alpha value is -1.88. The number of carboxylic acids is 1. The van der Waals surface area contributed by atoms with E-state index in [1.54, 1.807) is 24.3 Å². The standard InChI is InChI=1S/C11H13NO4/c1-7(13)12-9-5-3-2-4-8(9)10(14)6-11(15)16/h2-5,10,14H,6H2,1H3,(H,12,13)(H,15,16). The molecule has 5 heteroatoms. The zero-order valence-electron chi connectivity index (χ0n) is 8.80. The van der Waals surface area contributed by atoms with E-state index >= 15 is 0 Å². The monoisotopic (exact) mass is 223 g/mol. The molecule has 0 aliphatic rings. The summed E-state index contributed by atoms with van der Waals surface area (Å²) in [5.41, 5.74) is 0.837. The average molecular weight is 223 g/mol. The Balaban J connectivity index is 2.93. The van der Waals surface area contributed by atoms with E-state index in [-0.39, 0.29) is 5.91 Å². The first-order valence-electron chi connectivity index (χ1n) is 4.77. The van der Waals surface area contributed by atoms with E-state index in [1.165, 1.54) is 6.92 Å². The molecule has 0 bridgehead atoms. The van der Waals surface area contributed by atoms with Crippen molar-refractivity contribution in [3.05, 3.63) is 29.8 Å². The number of carboxylic acid groups (broad SMARTS) is 1. The zero-order chi connectivity index (χ0) is 12.1. The fourth-order valence-electron chi connectivity index (χ4n) is 1.37. The van der Waals surface area contributed by atoms with E-state index in [0.29, 0.717) is 11.3 Å². The van der Waals surface area contributed by atoms with E-state index in [9.17, 15) is 14.7 Å². The third kappa shape index (κ3) is 3.36. The molecule has 0 saturated carbocycles. The summed E-state index contributed by atoms with van der Waals surface area (Å²) in [6, 6.07) is 6.56. The van der Waals surface area contributed by atoms with Gasteiger partial charge in [-0.15, -0.1) is 0 Å². The Morgan fingerprint density at radius 3 is 2.56 bits per heavy atom. The highest BCUT2D eigenvalue weighted by molar-refractivity contribution is 5.89. The first kappa shape index (κ1) is 12.2. The Morgan fingerprint density at radius 2 is 2.00 bits per heavy atom. The third-order valence-electron chi connectivity index (χ3n) is 2.00. The smallest absolute Gasteiger partial charge is 0.306 e. The van der Waals surface area contributed by atoms with Gasteiger partial charge in [0.15, 0.2) is 0 Å². The molecule has 5 nitrogen and oxygen atoms in total. The Bertz CT molecular complexity index is 403. The van der Waals surface area contributed by atoms with Crippen molar-refractivity contribution in [2.75, 3.05) is 5.32 Å². The molecule has 0 fully saturated rings. The van der Waals surface area contributed by atoms with E-state index < -0.39 is 18.5 Å². The van der Waals surface area contributed by atoms with Gasteiger partial charge in [0.05, 0.1) is 12.5 Å². The molecule has 16 heavy (non-hydrogen) atoms. The van der Waals surface area contributed by atoms with Crippen molar-refractivity contribution in [2.24, 2.45) is 0 Å². The molecule has 0 spiro atoms. The molecule has 0 aromatic heterocycles. The van der Waals surface area contributed by atoms with Crippen LogP contribution in [0.1, 0.15) is 25.0 Å². The van der Waals surface area contributed by atoms with E-state index in [4.69, 9.17) is 5.11 Å². The molecule has 1 rings (SSSR count). The summed E-state index contributed by atoms with van der Waals surface area (Å²) in [4.78, 5) is 21.4. The van der Waals surface area contributed by atoms with Crippen LogP contribution in [0.25, 0.3) is 0 Å². The molecule has 1 unspecified atom stereocenters. The lowest BCUT2D eigenvalue weighted by Gasteiger charge is -2.13. The van der Waals surface area contributed by atoms with Gasteiger partial charge in [0.1, 0.15) is 0 Å². The predicted molar refractivity (Wildman–Crippen MR) is 58.0 cm³/mol. The minimum atomic E-state index is -1.12. The van der Waals surface area contributed by atoms with Gasteiger partial charge >= 0.3 is 5.97 Å². The van der Waals surface area contributed by atoms with Crippen LogP contribution in [0.5, 0.6) is 0 Å². The number of nitrogens with one attached hydrogen (secondary N) is 1. The van der Waals surface area contributed by atoms with Gasteiger partial charge in [0, 0.05) is 18.2 Å². The highest BCUT2D eigenvalue weighted by Gasteiger charge is 2.15. The van der Waals surface area contributed by atoms with Gasteiger partial charge in [-0.2, -0.15) is 0 Å². The van der Waals surface area contributed by atoms with Crippen molar-refractivity contribution in [1.29, 1.82) is 0 Å². The van der Waals surface area contributed by atoms with Gasteiger partial charge in [-0.05, 0) is 6.07 Å². The molecule has 1 aromatic carbocycles. The number of hydrogen-bond acceptors (Lipinski definition) is 3. The molecular formula is C11H13NO4. The number of aliphatic hydroxyl groups is 1. The molecular weight excluding hydrogens is 210 g/mol. The van der Waals surface area contributed by atoms with Gasteiger partial charge in [0.25, 0.3) is 0 Å². The summed E-state index contributed by atoms with van der Waals surface area (Å²) in [5, 5.41) is 20.8. The van der Waals surface area contributed by atoms with Crippen LogP contribution < -0.4 is 5.32 Å². The number of aliphatic hydroxyl groups excluding tert-OH is 1. The lowest BCUT2D eigenvalue weighted by Crippen LogP contribution is -2.12. The largest absolute Gasteiger partial charge is 0.481 e. The average Bonchev–Trinajstić information content (AvgIpc) is 2.16. The highest BCUT2D eigenvalue weighted by atomic mass is 16.4. The van der Waals surface area contributed by atoms with Crippen molar-refractivity contribution in [1.82, 2.24) is 0 Å². The Morgan fingerprint density at radius 1 is 1.38 bits per heavy atom. The number of carbonyl (C=O) groups is 2. The van der Waals surface area contributed by atoms with Gasteiger partial charge in [-0.3, -0.25) is 9.59 Å². The summed E-state index contributed by atoms with van der Waals surface area (Å²) >= 11 is 0. The highest BCUT2D eigenvalue weighted by Crippen LogP contribution is 2.24. The van der Waals surface area contributed by atoms with Crippen molar-refractivity contribution in [3.8, 4) is 0 Å². The second kappa shape index (κ2) is 5.27. The third-order valence-corrected chi connectivity index (χ3v) is 2.00. The molecule has 3 N–H and O–H groups in total. The van der Waals surface area contributed by atoms with Crippen molar-refractivity contribution in [3.63, 3.8) is 0 Å². The second-order valence-corrected chi connectivity index (χ2v) is 3.38. The van der Waals surface area contributed by atoms with Crippen LogP contribution in [-0.4, -0.2) is 22.1 Å². The molecule has 86 valence electrons. The Kier molecular flexibility index (Phi) is 4.02. The summed E-state index contributed by atoms with van der Waals surface area (Å²) in [6.45, 7) is 1.35. The molecule has 1 atom stereocenters. The first-order valence-corrected chi connectivity index (χ1v) is 4.77. The molecule has 1 aromatic rings. The number of benzene rings is 1. The van der Waals surface area contributed by atoms with Crippen LogP contribution in [0.2, 0.25) is 0 Å². The van der Waals surface area contributed by atoms with Crippen LogP contribution in [0.4, 0.5) is 5.69 Å². The minimum absolute atomic E-state index is 0.269. The van der Waals surface area contributed by atoms with E-state index in [2.05, 4.69) is 5.32 Å². The fourth-order valence-corrected chi connectivity index (χ4v) is 1.37. The summed E-state index contributed by atoms with van der Waals surface area (Å²) in [7, 11) is 0. The maximum Gasteiger partial charge on any atom is 0.306 e. The maximum absolute atomic E-state index is 10.9. The number of amides is 1. The topological polar surface area (TPSA) is 86.6 Å². The number of hydrogen-bond donors (Lipinski definition) is 3. The quantitative estimate of drug-likeness (QED) is 0.714. The van der Waals surface area contributed by atoms with Crippen LogP contribution in [0.15, 0.2) is 24.3 Å². The van der Waals surface area contributed by atoms with Crippen LogP contribution in [-0.2, 0) is 9.59 Å². The number of aliphatic carboxylic acids is 1. The fraction of sp³-hybridized carbons (Fsp3) is 0.273. The molecule has 0 saturated heterocycles. The summed E-state index contributed by atoms with van der Waals surface area (Å²) in [5.74, 6) is -1.36. The molecule has 0 aliphatic heterocycles. The molecule has 0 heterocycles. The molecule has 1 amide bonds. The maximum atomic E-state index is 10.9. The van der Waals surface area contributed by atoms with E-state index in [1.807, 2.05) is 0 Å². The summed E-state index contributed by atoms with van der Waals surface area (Å²) in [6.07, 6.45) is -1.52. The SMILES string of the molecule is CC(=O)Nc1ccccc1C(O)CC(=O)O. The summed E-state index contributed by atoms with van der Waals surface area (Å²) < 4.78 is 0. The number of rotatable bonds is 4. The van der Waals surface area contributed by atoms with Crippen LogP contribution in [0, 0.1) is 0 Å². The van der Waals surface area contributed by atoms with Crippen LogP contribution >= 0.6 is 0 Å². The van der Waals surface area contributed by atoms with Gasteiger partial charge in [0.2, 0.25) is 5.91 Å². The first-order chi connectivity index (χ1) is 7.50. The molecule has 0 aliphatic carbocycles. The van der Waals surface area contributed by atoms with Gasteiger partial charge in [-0.1, -0.05) is 18.2 Å². The Labute approximate surface area is 92.7 Å². The van der Waals surface area contributed by atoms with Gasteiger partial charge in [-0.25, -0.2) is 0 Å².